The molecule has 49 heavy (non-hydrogen) atoms. The number of likely N-dealkylation sites (N-methyl/N-ethyl adjacent to an activating group) is 2. The first-order valence-electron chi connectivity index (χ1n) is 17.0. The monoisotopic (exact) mass is 744 g/mol. The molecule has 2 atom stereocenters. The molecule has 0 aromatic carbocycles. The number of nitrogens with zero attached hydrogens (tertiary/aromatic N) is 2. The maximum atomic E-state index is 13.1. The molecule has 0 spiro atoms. The fraction of sp³-hybridized carbons (Fsp3) is 0.889. The molecule has 0 rings (SSSR count). The highest BCUT2D eigenvalue weighted by Crippen LogP contribution is 2.42. The van der Waals surface area contributed by atoms with Gasteiger partial charge < -0.3 is 57.5 Å². The van der Waals surface area contributed by atoms with Crippen molar-refractivity contribution >= 4 is 23.9 Å². The fourth-order valence-corrected chi connectivity index (χ4v) is 5.04. The molecule has 0 aromatic rings. The summed E-state index contributed by atoms with van der Waals surface area (Å²) in [5, 5.41) is 0. The van der Waals surface area contributed by atoms with E-state index in [0.717, 1.165) is 0 Å². The van der Waals surface area contributed by atoms with Gasteiger partial charge in [-0.2, -0.15) is 0 Å². The molecule has 292 valence electrons. The molecule has 0 saturated heterocycles. The van der Waals surface area contributed by atoms with Gasteiger partial charge in [0, 0.05) is 0 Å². The van der Waals surface area contributed by atoms with Crippen LogP contribution in [0.2, 0.25) is 0 Å². The van der Waals surface area contributed by atoms with Gasteiger partial charge in [0.2, 0.25) is 0 Å². The molecule has 11 nitrogen and oxygen atoms in total. The van der Waals surface area contributed by atoms with Crippen molar-refractivity contribution in [3.05, 3.63) is 0 Å². The minimum absolute atomic E-state index is 0. The van der Waals surface area contributed by atoms with Crippen LogP contribution in [-0.2, 0) is 42.9 Å². The number of hydrogen-bond acceptors (Lipinski definition) is 9. The van der Waals surface area contributed by atoms with Crippen molar-refractivity contribution in [1.82, 2.24) is 0 Å². The summed E-state index contributed by atoms with van der Waals surface area (Å²) < 4.78 is 29.2. The van der Waals surface area contributed by atoms with Crippen LogP contribution < -0.4 is 24.8 Å². The topological polar surface area (TPSA) is 114 Å². The molecule has 0 aromatic heterocycles. The van der Waals surface area contributed by atoms with E-state index in [4.69, 9.17) is 23.7 Å². The number of esters is 4. The lowest BCUT2D eigenvalue weighted by molar-refractivity contribution is -0.870. The van der Waals surface area contributed by atoms with Crippen LogP contribution in [0.5, 0.6) is 0 Å². The molecule has 0 aliphatic heterocycles. The van der Waals surface area contributed by atoms with Gasteiger partial charge in [0.25, 0.3) is 0 Å². The van der Waals surface area contributed by atoms with Gasteiger partial charge in [0.05, 0.1) is 77.2 Å². The second kappa shape index (κ2) is 21.0. The van der Waals surface area contributed by atoms with Gasteiger partial charge >= 0.3 is 23.9 Å². The van der Waals surface area contributed by atoms with E-state index in [-0.39, 0.29) is 87.9 Å². The first-order chi connectivity index (χ1) is 21.1. The van der Waals surface area contributed by atoms with Gasteiger partial charge in [-0.05, 0) is 66.2 Å². The Morgan fingerprint density at radius 2 is 0.735 bits per heavy atom. The molecule has 2 unspecified atom stereocenters. The Labute approximate surface area is 310 Å². The lowest BCUT2D eigenvalue weighted by Crippen LogP contribution is -3.00. The second-order valence-electron chi connectivity index (χ2n) is 17.4. The van der Waals surface area contributed by atoms with E-state index in [2.05, 4.69) is 0 Å². The number of halogens is 2. The van der Waals surface area contributed by atoms with Crippen LogP contribution in [0.1, 0.15) is 82.1 Å². The highest BCUT2D eigenvalue weighted by Gasteiger charge is 2.47. The van der Waals surface area contributed by atoms with E-state index in [1.54, 1.807) is 27.7 Å². The quantitative estimate of drug-likeness (QED) is 0.0581. The van der Waals surface area contributed by atoms with E-state index in [1.807, 2.05) is 83.8 Å². The predicted molar refractivity (Wildman–Crippen MR) is 183 cm³/mol. The lowest BCUT2D eigenvalue weighted by atomic mass is 9.68. The number of hydrogen-bond donors (Lipinski definition) is 0. The highest BCUT2D eigenvalue weighted by molar-refractivity contribution is 5.81. The summed E-state index contributed by atoms with van der Waals surface area (Å²) in [4.78, 5) is 52.2. The summed E-state index contributed by atoms with van der Waals surface area (Å²) in [5.74, 6) is -1.57. The van der Waals surface area contributed by atoms with Gasteiger partial charge in [0.15, 0.2) is 0 Å². The van der Waals surface area contributed by atoms with Crippen molar-refractivity contribution < 1.29 is 76.6 Å². The van der Waals surface area contributed by atoms with Crippen molar-refractivity contribution in [2.75, 3.05) is 95.0 Å². The van der Waals surface area contributed by atoms with Crippen LogP contribution in [0.25, 0.3) is 0 Å². The van der Waals surface area contributed by atoms with Crippen molar-refractivity contribution in [3.63, 3.8) is 0 Å². The Balaban J connectivity index is -0.0000106. The number of carbonyl (C=O) groups excluding carboxylic acids is 4. The summed E-state index contributed by atoms with van der Waals surface area (Å²) in [5.41, 5.74) is -3.58. The number of carbonyl (C=O) groups is 4. The molecule has 0 amide bonds. The number of quaternary nitrogens is 2. The van der Waals surface area contributed by atoms with Crippen LogP contribution >= 0.6 is 0 Å². The second-order valence-corrected chi connectivity index (χ2v) is 17.4. The third-order valence-corrected chi connectivity index (χ3v) is 9.12. The Kier molecular flexibility index (Phi) is 22.2. The van der Waals surface area contributed by atoms with Crippen LogP contribution in [0.4, 0.5) is 0 Å². The number of ether oxygens (including phenoxy) is 5. The van der Waals surface area contributed by atoms with Crippen LogP contribution in [0.15, 0.2) is 0 Å². The first-order valence-corrected chi connectivity index (χ1v) is 17.0. The molecule has 0 bridgehead atoms. The van der Waals surface area contributed by atoms with E-state index in [1.165, 1.54) is 0 Å². The fourth-order valence-electron chi connectivity index (χ4n) is 5.04. The smallest absolute Gasteiger partial charge is 0.312 e. The molecule has 0 saturated carbocycles. The Bertz CT molecular complexity index is 957. The van der Waals surface area contributed by atoms with Gasteiger partial charge in [0.1, 0.15) is 39.5 Å². The van der Waals surface area contributed by atoms with Crippen molar-refractivity contribution in [2.45, 2.75) is 82.1 Å². The van der Waals surface area contributed by atoms with Gasteiger partial charge in [-0.1, -0.05) is 27.7 Å². The Hall–Kier alpha value is -1.66. The summed E-state index contributed by atoms with van der Waals surface area (Å²) in [6, 6.07) is 0. The van der Waals surface area contributed by atoms with Gasteiger partial charge in [-0.15, -0.1) is 0 Å². The minimum Gasteiger partial charge on any atom is -1.00 e. The maximum absolute atomic E-state index is 13.1. The predicted octanol–water partition coefficient (Wildman–Crippen LogP) is -1.25. The van der Waals surface area contributed by atoms with Crippen molar-refractivity contribution in [3.8, 4) is 0 Å². The third kappa shape index (κ3) is 18.4. The largest absolute Gasteiger partial charge is 1.00 e. The number of rotatable bonds is 22. The molecular weight excluding hydrogens is 675 g/mol. The molecule has 13 heteroatoms. The van der Waals surface area contributed by atoms with Crippen LogP contribution in [-0.4, -0.2) is 128 Å². The molecule has 0 aliphatic carbocycles. The van der Waals surface area contributed by atoms with Crippen molar-refractivity contribution in [2.24, 2.45) is 33.5 Å². The van der Waals surface area contributed by atoms with E-state index < -0.39 is 33.6 Å². The van der Waals surface area contributed by atoms with E-state index >= 15 is 0 Å². The summed E-state index contributed by atoms with van der Waals surface area (Å²) in [6.07, 6.45) is 0.548. The molecule has 0 fully saturated rings. The van der Waals surface area contributed by atoms with E-state index in [9.17, 15) is 19.2 Å². The molecule has 0 radical (unpaired) electrons. The third-order valence-electron chi connectivity index (χ3n) is 9.12. The Morgan fingerprint density at radius 3 is 0.980 bits per heavy atom. The highest BCUT2D eigenvalue weighted by atomic mass is 35.5. The summed E-state index contributed by atoms with van der Waals surface area (Å²) >= 11 is 0. The van der Waals surface area contributed by atoms with Crippen LogP contribution in [0, 0.1) is 33.5 Å². The minimum atomic E-state index is -0.929. The van der Waals surface area contributed by atoms with Crippen molar-refractivity contribution in [1.29, 1.82) is 0 Å². The molecular formula is C36H70Cl2N2O9. The average molecular weight is 746 g/mol. The summed E-state index contributed by atoms with van der Waals surface area (Å²) in [6.45, 7) is 20.9. The zero-order chi connectivity index (χ0) is 37.1. The normalized spacial score (nSPS) is 14.9. The van der Waals surface area contributed by atoms with Crippen LogP contribution in [0.3, 0.4) is 0 Å². The zero-order valence-corrected chi connectivity index (χ0v) is 35.1. The summed E-state index contributed by atoms with van der Waals surface area (Å²) in [7, 11) is 12.2. The molecule has 0 heterocycles. The molecule has 0 N–H and O–H groups in total. The van der Waals surface area contributed by atoms with Gasteiger partial charge in [-0.3, -0.25) is 19.2 Å². The Morgan fingerprint density at radius 1 is 0.469 bits per heavy atom. The maximum Gasteiger partial charge on any atom is 0.312 e. The van der Waals surface area contributed by atoms with E-state index in [0.29, 0.717) is 35.3 Å². The first kappa shape index (κ1) is 51.7. The standard InChI is InChI=1S/C36H70N2O9.2ClH/c1-27(2)35(9,31(41)44-19-17-37(11,12)13)25-33(5,6)29(39)46-23-21-43-22-24-47-30(40)34(7,8)26-36(10,28(3)4)32(42)45-20-18-38(14,15)16;;/h27-28H,17-26H2,1-16H3;2*1H/q+2;;/p-2. The SMILES string of the molecule is CC(C)C(C)(CC(C)(C)C(=O)OCCOCCOC(=O)C(C)(C)CC(C)(C(=O)OCC[N+](C)(C)C)C(C)C)C(=O)OCC[N+](C)(C)C.[Cl-].[Cl-]. The zero-order valence-electron chi connectivity index (χ0n) is 33.6. The lowest BCUT2D eigenvalue weighted by Gasteiger charge is -2.37. The van der Waals surface area contributed by atoms with Gasteiger partial charge in [-0.25, -0.2) is 0 Å². The molecule has 0 aliphatic rings. The average Bonchev–Trinajstić information content (AvgIpc) is 2.89.